The molecule has 1 fully saturated rings. The summed E-state index contributed by atoms with van der Waals surface area (Å²) in [5.74, 6) is 0.651. The van der Waals surface area contributed by atoms with Crippen LogP contribution in [0.15, 0.2) is 60.9 Å². The van der Waals surface area contributed by atoms with Gasteiger partial charge in [0.25, 0.3) is 0 Å². The number of hydrogen-bond acceptors (Lipinski definition) is 6. The third-order valence-corrected chi connectivity index (χ3v) is 7.69. The molecule has 0 spiro atoms. The molecule has 6 heteroatoms. The molecule has 1 aromatic heterocycles. The average Bonchev–Trinajstić information content (AvgIpc) is 2.95. The Morgan fingerprint density at radius 1 is 1.08 bits per heavy atom. The number of aromatic nitrogens is 1. The number of hydrogen-bond donors (Lipinski definition) is 1. The smallest absolute Gasteiger partial charge is 0.340 e. The molecule has 1 aliphatic carbocycles. The van der Waals surface area contributed by atoms with Crippen molar-refractivity contribution in [3.63, 3.8) is 0 Å². The Labute approximate surface area is 213 Å². The number of aryl methyl sites for hydroxylation is 1. The van der Waals surface area contributed by atoms with Gasteiger partial charge in [-0.15, -0.1) is 0 Å². The highest BCUT2D eigenvalue weighted by Crippen LogP contribution is 2.36. The first kappa shape index (κ1) is 24.3. The van der Waals surface area contributed by atoms with E-state index in [1.165, 1.54) is 35.2 Å². The summed E-state index contributed by atoms with van der Waals surface area (Å²) in [4.78, 5) is 18.6. The van der Waals surface area contributed by atoms with Crippen molar-refractivity contribution >= 4 is 23.0 Å². The first-order valence-electron chi connectivity index (χ1n) is 12.9. The number of carbonyl (C=O) groups excluding carboxylic acids is 1. The predicted octanol–water partition coefficient (Wildman–Crippen LogP) is 6.06. The molecule has 1 saturated heterocycles. The topological polar surface area (TPSA) is 63.7 Å². The van der Waals surface area contributed by atoms with Gasteiger partial charge in [0.15, 0.2) is 0 Å². The average molecular weight is 486 g/mol. The molecule has 188 valence electrons. The Kier molecular flexibility index (Phi) is 7.52. The Balaban J connectivity index is 1.28. The lowest BCUT2D eigenvalue weighted by atomic mass is 9.82. The second-order valence-electron chi connectivity index (χ2n) is 9.80. The third kappa shape index (κ3) is 5.24. The van der Waals surface area contributed by atoms with Gasteiger partial charge in [-0.05, 0) is 85.0 Å². The molecule has 1 aliphatic heterocycles. The summed E-state index contributed by atoms with van der Waals surface area (Å²) < 4.78 is 10.4. The molecule has 0 saturated carbocycles. The van der Waals surface area contributed by atoms with Gasteiger partial charge in [0.2, 0.25) is 0 Å². The minimum Gasteiger partial charge on any atom is -0.465 e. The minimum absolute atomic E-state index is 0.350. The van der Waals surface area contributed by atoms with Crippen molar-refractivity contribution in [1.82, 2.24) is 4.98 Å². The summed E-state index contributed by atoms with van der Waals surface area (Å²) in [5.41, 5.74) is 7.87. The second-order valence-corrected chi connectivity index (χ2v) is 9.80. The maximum Gasteiger partial charge on any atom is 0.340 e. The van der Waals surface area contributed by atoms with Gasteiger partial charge in [0.1, 0.15) is 0 Å². The molecule has 0 radical (unpaired) electrons. The van der Waals surface area contributed by atoms with E-state index in [4.69, 9.17) is 9.47 Å². The summed E-state index contributed by atoms with van der Waals surface area (Å²) in [6.45, 7) is 2.49. The van der Waals surface area contributed by atoms with Crippen molar-refractivity contribution in [3.8, 4) is 0 Å². The summed E-state index contributed by atoms with van der Waals surface area (Å²) >= 11 is 0. The molecule has 2 aromatic carbocycles. The van der Waals surface area contributed by atoms with E-state index in [1.807, 2.05) is 0 Å². The first-order valence-corrected chi connectivity index (χ1v) is 12.9. The fourth-order valence-electron chi connectivity index (χ4n) is 5.53. The van der Waals surface area contributed by atoms with Crippen molar-refractivity contribution in [3.05, 3.63) is 83.2 Å². The molecule has 0 unspecified atom stereocenters. The lowest BCUT2D eigenvalue weighted by Crippen LogP contribution is -2.20. The zero-order valence-electron chi connectivity index (χ0n) is 21.2. The molecule has 5 rings (SSSR count). The van der Waals surface area contributed by atoms with Gasteiger partial charge in [-0.3, -0.25) is 4.98 Å². The van der Waals surface area contributed by atoms with Crippen LogP contribution >= 0.6 is 0 Å². The van der Waals surface area contributed by atoms with Crippen LogP contribution in [-0.4, -0.2) is 44.9 Å². The molecular formula is C30H35N3O3. The molecular weight excluding hydrogens is 450 g/mol. The van der Waals surface area contributed by atoms with Gasteiger partial charge >= 0.3 is 5.97 Å². The van der Waals surface area contributed by atoms with Gasteiger partial charge in [-0.25, -0.2) is 4.79 Å². The van der Waals surface area contributed by atoms with Crippen LogP contribution in [0.1, 0.15) is 64.6 Å². The van der Waals surface area contributed by atoms with Crippen molar-refractivity contribution in [2.75, 3.05) is 44.1 Å². The van der Waals surface area contributed by atoms with Crippen LogP contribution in [0.3, 0.4) is 0 Å². The third-order valence-electron chi connectivity index (χ3n) is 7.69. The Hall–Kier alpha value is -3.38. The number of carbonyl (C=O) groups is 1. The number of anilines is 3. The Morgan fingerprint density at radius 3 is 2.64 bits per heavy atom. The zero-order valence-corrected chi connectivity index (χ0v) is 21.2. The maximum absolute atomic E-state index is 12.1. The van der Waals surface area contributed by atoms with Crippen molar-refractivity contribution in [2.24, 2.45) is 0 Å². The molecule has 0 amide bonds. The number of ether oxygens (including phenoxy) is 2. The van der Waals surface area contributed by atoms with E-state index in [2.05, 4.69) is 64.7 Å². The SMILES string of the molecule is COC(=O)c1ccncc1NC[C@@H]1CCCc2cc(N(C)c3ccc(C4CCOCC4)cc3)ccc21. The van der Waals surface area contributed by atoms with Crippen LogP contribution in [0, 0.1) is 0 Å². The quantitative estimate of drug-likeness (QED) is 0.410. The summed E-state index contributed by atoms with van der Waals surface area (Å²) in [7, 11) is 3.54. The van der Waals surface area contributed by atoms with Crippen molar-refractivity contribution < 1.29 is 14.3 Å². The molecule has 3 aromatic rings. The largest absolute Gasteiger partial charge is 0.465 e. The summed E-state index contributed by atoms with van der Waals surface area (Å²) in [6.07, 6.45) is 8.91. The number of benzene rings is 2. The van der Waals surface area contributed by atoms with Crippen LogP contribution in [-0.2, 0) is 15.9 Å². The maximum atomic E-state index is 12.1. The first-order chi connectivity index (χ1) is 17.6. The highest BCUT2D eigenvalue weighted by molar-refractivity contribution is 5.95. The number of nitrogens with zero attached hydrogens (tertiary/aromatic N) is 2. The Morgan fingerprint density at radius 2 is 1.86 bits per heavy atom. The number of pyridine rings is 1. The van der Waals surface area contributed by atoms with Crippen LogP contribution in [0.25, 0.3) is 0 Å². The van der Waals surface area contributed by atoms with Crippen LogP contribution in [0.5, 0.6) is 0 Å². The summed E-state index contributed by atoms with van der Waals surface area (Å²) in [6, 6.07) is 17.6. The normalized spacial score (nSPS) is 17.8. The van der Waals surface area contributed by atoms with E-state index >= 15 is 0 Å². The number of nitrogens with one attached hydrogen (secondary N) is 1. The number of methoxy groups -OCH3 is 1. The van der Waals surface area contributed by atoms with Crippen molar-refractivity contribution in [2.45, 2.75) is 43.9 Å². The van der Waals surface area contributed by atoms with Crippen LogP contribution in [0.2, 0.25) is 0 Å². The number of rotatable bonds is 7. The van der Waals surface area contributed by atoms with Crippen LogP contribution < -0.4 is 10.2 Å². The fourth-order valence-corrected chi connectivity index (χ4v) is 5.53. The Bertz CT molecular complexity index is 1190. The van der Waals surface area contributed by atoms with Gasteiger partial charge in [0, 0.05) is 50.3 Å². The lowest BCUT2D eigenvalue weighted by molar-refractivity contribution is 0.0601. The lowest BCUT2D eigenvalue weighted by Gasteiger charge is -2.29. The fraction of sp³-hybridized carbons (Fsp3) is 0.400. The monoisotopic (exact) mass is 485 g/mol. The van der Waals surface area contributed by atoms with E-state index in [0.717, 1.165) is 57.6 Å². The molecule has 0 bridgehead atoms. The standard InChI is InChI=1S/C30H35N3O3/c1-33(25-8-6-21(7-9-25)22-13-16-36-17-14-22)26-10-11-27-23(18-26)4-3-5-24(27)19-32-29-20-31-15-12-28(29)30(34)35-2/h6-12,15,18,20,22,24,32H,3-5,13-14,16-17,19H2,1-2H3/t24-/m0/s1. The minimum atomic E-state index is -0.350. The van der Waals surface area contributed by atoms with E-state index in [9.17, 15) is 4.79 Å². The number of esters is 1. The van der Waals surface area contributed by atoms with Gasteiger partial charge < -0.3 is 19.7 Å². The van der Waals surface area contributed by atoms with E-state index in [-0.39, 0.29) is 5.97 Å². The predicted molar refractivity (Wildman–Crippen MR) is 143 cm³/mol. The van der Waals surface area contributed by atoms with E-state index in [0.29, 0.717) is 17.4 Å². The zero-order chi connectivity index (χ0) is 24.9. The molecule has 2 heterocycles. The van der Waals surface area contributed by atoms with E-state index < -0.39 is 0 Å². The van der Waals surface area contributed by atoms with Gasteiger partial charge in [-0.2, -0.15) is 0 Å². The highest BCUT2D eigenvalue weighted by atomic mass is 16.5. The highest BCUT2D eigenvalue weighted by Gasteiger charge is 2.22. The van der Waals surface area contributed by atoms with Gasteiger partial charge in [-0.1, -0.05) is 18.2 Å². The second kappa shape index (κ2) is 11.1. The molecule has 6 nitrogen and oxygen atoms in total. The van der Waals surface area contributed by atoms with Gasteiger partial charge in [0.05, 0.1) is 24.6 Å². The molecule has 1 N–H and O–H groups in total. The molecule has 36 heavy (non-hydrogen) atoms. The molecule has 1 atom stereocenters. The van der Waals surface area contributed by atoms with Crippen LogP contribution in [0.4, 0.5) is 17.1 Å². The number of fused-ring (bicyclic) bond motifs is 1. The summed E-state index contributed by atoms with van der Waals surface area (Å²) in [5, 5.41) is 3.45. The van der Waals surface area contributed by atoms with E-state index in [1.54, 1.807) is 18.5 Å². The molecule has 2 aliphatic rings. The van der Waals surface area contributed by atoms with Crippen molar-refractivity contribution in [1.29, 1.82) is 0 Å².